The third-order valence-electron chi connectivity index (χ3n) is 5.48. The van der Waals surface area contributed by atoms with E-state index in [1.54, 1.807) is 27.4 Å². The molecule has 0 unspecified atom stereocenters. The maximum absolute atomic E-state index is 3.82. The number of allylic oxidation sites excluding steroid dienone is 4. The van der Waals surface area contributed by atoms with E-state index >= 15 is 0 Å². The number of rotatable bonds is 8. The van der Waals surface area contributed by atoms with Crippen molar-refractivity contribution in [3.63, 3.8) is 0 Å². The standard InChI is InChI=1S/C17H13.C9H18.C5H5.2ClH.Zr/c1-3-12-5-7-14-11-15-8-6-13(4-2)10-17(15)16(14)9-12;1-3-5-7-9-8-6-4-2;1-2-4-5-3-1;;;/h3-11H,1-2H2;3-8H2,1-2H3;1-3H,4H2;2*1H;/q-1;;-1;;;+2/p-2. The van der Waals surface area contributed by atoms with Gasteiger partial charge in [0.05, 0.1) is 0 Å². The fourth-order valence-corrected chi connectivity index (χ4v) is 4.40. The first kappa shape index (κ1) is 32.6. The second-order valence-corrected chi connectivity index (χ2v) is 9.80. The summed E-state index contributed by atoms with van der Waals surface area (Å²) in [6.45, 7) is 12.2. The van der Waals surface area contributed by atoms with E-state index < -0.39 is 0 Å². The molecule has 0 spiro atoms. The Morgan fingerprint density at radius 3 is 1.74 bits per heavy atom. The van der Waals surface area contributed by atoms with E-state index in [0.29, 0.717) is 0 Å². The van der Waals surface area contributed by atoms with Crippen molar-refractivity contribution in [2.45, 2.75) is 58.8 Å². The molecule has 0 aliphatic heterocycles. The predicted molar refractivity (Wildman–Crippen MR) is 143 cm³/mol. The van der Waals surface area contributed by atoms with Crippen LogP contribution in [0.3, 0.4) is 0 Å². The average Bonchev–Trinajstić information content (AvgIpc) is 3.52. The number of benzene rings is 2. The Hall–Kier alpha value is -1.40. The minimum atomic E-state index is 0. The molecule has 34 heavy (non-hydrogen) atoms. The molecule has 0 fully saturated rings. The van der Waals surface area contributed by atoms with Crippen molar-refractivity contribution in [1.29, 1.82) is 0 Å². The van der Waals surface area contributed by atoms with Crippen LogP contribution in [0.2, 0.25) is 0 Å². The van der Waals surface area contributed by atoms with E-state index in [9.17, 15) is 0 Å². The zero-order valence-electron chi connectivity index (χ0n) is 20.5. The summed E-state index contributed by atoms with van der Waals surface area (Å²) in [5.41, 5.74) is 2.32. The van der Waals surface area contributed by atoms with Crippen molar-refractivity contribution in [2.24, 2.45) is 0 Å². The number of fused-ring (bicyclic) bond motifs is 3. The summed E-state index contributed by atoms with van der Waals surface area (Å²) in [5.74, 6) is 0. The molecule has 0 N–H and O–H groups in total. The van der Waals surface area contributed by atoms with Gasteiger partial charge >= 0.3 is 79.8 Å². The van der Waals surface area contributed by atoms with Gasteiger partial charge in [0.2, 0.25) is 0 Å². The average molecular weight is 571 g/mol. The summed E-state index contributed by atoms with van der Waals surface area (Å²) in [6, 6.07) is 15.1. The molecular weight excluding hydrogens is 534 g/mol. The van der Waals surface area contributed by atoms with E-state index in [1.807, 2.05) is 24.3 Å². The van der Waals surface area contributed by atoms with Crippen LogP contribution in [0.1, 0.15) is 69.9 Å². The summed E-state index contributed by atoms with van der Waals surface area (Å²) < 4.78 is 1.79. The Balaban J connectivity index is 0.000000549. The van der Waals surface area contributed by atoms with Gasteiger partial charge in [0.25, 0.3) is 0 Å². The zero-order chi connectivity index (χ0) is 23.2. The van der Waals surface area contributed by atoms with Crippen molar-refractivity contribution in [1.82, 2.24) is 0 Å². The maximum Gasteiger partial charge on any atom is -0.109 e. The van der Waals surface area contributed by atoms with Gasteiger partial charge in [0, 0.05) is 0 Å². The summed E-state index contributed by atoms with van der Waals surface area (Å²) in [7, 11) is 0. The minimum absolute atomic E-state index is 0. The molecule has 1 aliphatic rings. The van der Waals surface area contributed by atoms with Gasteiger partial charge < -0.3 is 24.8 Å². The van der Waals surface area contributed by atoms with E-state index in [4.69, 9.17) is 0 Å². The third-order valence-corrected chi connectivity index (χ3v) is 6.71. The summed E-state index contributed by atoms with van der Waals surface area (Å²) in [5, 5.41) is 5.15. The van der Waals surface area contributed by atoms with Gasteiger partial charge in [-0.3, -0.25) is 6.08 Å². The van der Waals surface area contributed by atoms with Crippen LogP contribution in [-0.2, 0) is 24.2 Å². The quantitative estimate of drug-likeness (QED) is 0.365. The zero-order valence-corrected chi connectivity index (χ0v) is 24.5. The van der Waals surface area contributed by atoms with Crippen LogP contribution in [0.15, 0.2) is 73.9 Å². The van der Waals surface area contributed by atoms with Gasteiger partial charge in [-0.25, -0.2) is 12.2 Å². The van der Waals surface area contributed by atoms with Gasteiger partial charge in [-0.1, -0.05) is 49.6 Å². The number of halogens is 2. The third kappa shape index (κ3) is 10.9. The van der Waals surface area contributed by atoms with Crippen LogP contribution < -0.4 is 24.8 Å². The monoisotopic (exact) mass is 568 g/mol. The van der Waals surface area contributed by atoms with Gasteiger partial charge in [0.1, 0.15) is 0 Å². The van der Waals surface area contributed by atoms with Crippen LogP contribution in [0.4, 0.5) is 0 Å². The first-order valence-electron chi connectivity index (χ1n) is 11.8. The summed E-state index contributed by atoms with van der Waals surface area (Å²) in [6.07, 6.45) is 22.1. The number of hydrogen-bond donors (Lipinski definition) is 0. The molecule has 0 saturated heterocycles. The largest absolute Gasteiger partial charge is 1.00 e. The Morgan fingerprint density at radius 1 is 0.912 bits per heavy atom. The Bertz CT molecular complexity index is 1000. The van der Waals surface area contributed by atoms with Crippen molar-refractivity contribution in [3.8, 4) is 0 Å². The van der Waals surface area contributed by atoms with Crippen molar-refractivity contribution in [2.75, 3.05) is 0 Å². The molecule has 0 bridgehead atoms. The topological polar surface area (TPSA) is 0 Å². The first-order chi connectivity index (χ1) is 15.6. The first-order valence-corrected chi connectivity index (χ1v) is 13.0. The Kier molecular flexibility index (Phi) is 18.1. The molecule has 0 amide bonds. The van der Waals surface area contributed by atoms with Gasteiger partial charge in [-0.05, 0) is 11.1 Å². The van der Waals surface area contributed by atoms with Crippen LogP contribution in [-0.4, -0.2) is 3.21 Å². The molecule has 3 aromatic carbocycles. The van der Waals surface area contributed by atoms with Gasteiger partial charge in [-0.15, -0.1) is 46.2 Å². The smallest absolute Gasteiger partial charge is 0.109 e. The van der Waals surface area contributed by atoms with Crippen molar-refractivity contribution in [3.05, 3.63) is 91.1 Å². The Labute approximate surface area is 234 Å². The normalized spacial score (nSPS) is 10.9. The molecule has 3 heteroatoms. The molecule has 180 valence electrons. The predicted octanol–water partition coefficient (Wildman–Crippen LogP) is 3.40. The van der Waals surface area contributed by atoms with E-state index in [1.165, 1.54) is 60.1 Å². The second-order valence-electron chi connectivity index (χ2n) is 8.06. The molecule has 0 aromatic heterocycles. The number of hydrogen-bond acceptors (Lipinski definition) is 0. The fourth-order valence-electron chi connectivity index (χ4n) is 3.53. The van der Waals surface area contributed by atoms with Crippen LogP contribution in [0.5, 0.6) is 0 Å². The molecule has 4 rings (SSSR count). The SMILES string of the molecule is C=Cc1ccc2[cH-]c3ccc(C=C)cc3c2c1.CCCC[C](=[Zr+2])CCCC.[C-]1=CC=CC1.[Cl-].[Cl-]. The molecule has 0 heterocycles. The van der Waals surface area contributed by atoms with Crippen LogP contribution in [0, 0.1) is 6.08 Å². The maximum atomic E-state index is 3.82. The molecule has 0 radical (unpaired) electrons. The summed E-state index contributed by atoms with van der Waals surface area (Å²) >= 11 is 1.67. The molecule has 0 nitrogen and oxygen atoms in total. The van der Waals surface area contributed by atoms with E-state index in [0.717, 1.165) is 17.5 Å². The van der Waals surface area contributed by atoms with Crippen LogP contribution >= 0.6 is 0 Å². The second kappa shape index (κ2) is 18.9. The van der Waals surface area contributed by atoms with E-state index in [-0.39, 0.29) is 24.8 Å². The molecule has 3 aromatic rings. The van der Waals surface area contributed by atoms with Gasteiger partial charge in [0.15, 0.2) is 0 Å². The molecule has 0 atom stereocenters. The number of unbranched alkanes of at least 4 members (excludes halogenated alkanes) is 2. The minimum Gasteiger partial charge on any atom is -1.00 e. The molecule has 0 saturated carbocycles. The van der Waals surface area contributed by atoms with E-state index in [2.05, 4.69) is 81.6 Å². The Morgan fingerprint density at radius 2 is 1.41 bits per heavy atom. The molecular formula is C31H36Cl2Zr-2. The van der Waals surface area contributed by atoms with Crippen molar-refractivity contribution < 1.29 is 49.0 Å². The summed E-state index contributed by atoms with van der Waals surface area (Å²) in [4.78, 5) is 0. The van der Waals surface area contributed by atoms with Gasteiger partial charge in [-0.2, -0.15) is 6.08 Å². The van der Waals surface area contributed by atoms with Crippen LogP contribution in [0.25, 0.3) is 33.7 Å². The fraction of sp³-hybridized carbons (Fsp3) is 0.290. The molecule has 1 aliphatic carbocycles. The van der Waals surface area contributed by atoms with Crippen molar-refractivity contribution >= 4 is 36.9 Å².